The van der Waals surface area contributed by atoms with Crippen LogP contribution in [0.2, 0.25) is 0 Å². The number of halogens is 1. The van der Waals surface area contributed by atoms with E-state index in [1.807, 2.05) is 7.05 Å². The molecule has 0 atom stereocenters. The van der Waals surface area contributed by atoms with Crippen LogP contribution in [0.25, 0.3) is 0 Å². The summed E-state index contributed by atoms with van der Waals surface area (Å²) in [5, 5.41) is 22.1. The monoisotopic (exact) mass is 278 g/mol. The van der Waals surface area contributed by atoms with E-state index in [1.54, 1.807) is 23.0 Å². The first-order chi connectivity index (χ1) is 9.63. The molecule has 0 bridgehead atoms. The Balaban J connectivity index is 2.05. The van der Waals surface area contributed by atoms with E-state index in [0.717, 1.165) is 5.82 Å². The van der Waals surface area contributed by atoms with Crippen LogP contribution in [0.5, 0.6) is 0 Å². The third kappa shape index (κ3) is 2.91. The molecule has 4 N–H and O–H groups in total. The zero-order valence-corrected chi connectivity index (χ0v) is 10.9. The highest BCUT2D eigenvalue weighted by atomic mass is 19.1. The number of nitrogens with one attached hydrogen (secondary N) is 1. The summed E-state index contributed by atoms with van der Waals surface area (Å²) in [6, 6.07) is 4.74. The van der Waals surface area contributed by atoms with Crippen molar-refractivity contribution >= 4 is 5.84 Å². The van der Waals surface area contributed by atoms with E-state index in [-0.39, 0.29) is 11.4 Å². The predicted molar refractivity (Wildman–Crippen MR) is 70.5 cm³/mol. The van der Waals surface area contributed by atoms with Crippen molar-refractivity contribution in [2.45, 2.75) is 13.1 Å². The molecule has 2 aromatic rings. The number of oxime groups is 1. The molecular weight excluding hydrogens is 263 g/mol. The number of nitrogens with zero attached hydrogens (tertiary/aromatic N) is 4. The van der Waals surface area contributed by atoms with E-state index >= 15 is 0 Å². The van der Waals surface area contributed by atoms with Gasteiger partial charge in [0, 0.05) is 19.2 Å². The van der Waals surface area contributed by atoms with Crippen LogP contribution >= 0.6 is 0 Å². The minimum Gasteiger partial charge on any atom is -0.409 e. The van der Waals surface area contributed by atoms with Crippen LogP contribution in [0.15, 0.2) is 29.7 Å². The smallest absolute Gasteiger partial charge is 0.173 e. The molecule has 0 amide bonds. The van der Waals surface area contributed by atoms with Gasteiger partial charge < -0.3 is 20.8 Å². The number of benzene rings is 1. The topological polar surface area (TPSA) is 101 Å². The zero-order valence-electron chi connectivity index (χ0n) is 10.9. The van der Waals surface area contributed by atoms with Gasteiger partial charge in [0.2, 0.25) is 0 Å². The molecule has 0 unspecified atom stereocenters. The van der Waals surface area contributed by atoms with Crippen molar-refractivity contribution in [2.24, 2.45) is 17.9 Å². The van der Waals surface area contributed by atoms with Crippen LogP contribution in [0, 0.1) is 5.82 Å². The Bertz CT molecular complexity index is 624. The van der Waals surface area contributed by atoms with Crippen molar-refractivity contribution in [3.05, 3.63) is 47.3 Å². The maximum absolute atomic E-state index is 14.1. The van der Waals surface area contributed by atoms with Crippen LogP contribution in [0.3, 0.4) is 0 Å². The van der Waals surface area contributed by atoms with E-state index in [4.69, 9.17) is 10.9 Å². The van der Waals surface area contributed by atoms with Crippen molar-refractivity contribution in [1.29, 1.82) is 0 Å². The number of rotatable bonds is 5. The molecule has 0 aliphatic carbocycles. The summed E-state index contributed by atoms with van der Waals surface area (Å²) in [6.07, 6.45) is 1.59. The van der Waals surface area contributed by atoms with Crippen LogP contribution in [-0.4, -0.2) is 25.8 Å². The summed E-state index contributed by atoms with van der Waals surface area (Å²) in [4.78, 5) is 0. The minimum absolute atomic E-state index is 0.0745. The first kappa shape index (κ1) is 13.9. The molecule has 1 aromatic heterocycles. The summed E-state index contributed by atoms with van der Waals surface area (Å²) in [5.74, 6) is -0.0103. The Morgan fingerprint density at radius 2 is 2.30 bits per heavy atom. The Morgan fingerprint density at radius 1 is 1.50 bits per heavy atom. The van der Waals surface area contributed by atoms with E-state index < -0.39 is 5.82 Å². The molecule has 0 radical (unpaired) electrons. The Labute approximate surface area is 114 Å². The van der Waals surface area contributed by atoms with Crippen molar-refractivity contribution in [1.82, 2.24) is 20.1 Å². The lowest BCUT2D eigenvalue weighted by molar-refractivity contribution is 0.318. The van der Waals surface area contributed by atoms with Gasteiger partial charge in [0.05, 0.1) is 12.1 Å². The molecule has 7 nitrogen and oxygen atoms in total. The minimum atomic E-state index is -0.506. The first-order valence-corrected chi connectivity index (χ1v) is 5.92. The van der Waals surface area contributed by atoms with Gasteiger partial charge in [-0.1, -0.05) is 17.3 Å². The van der Waals surface area contributed by atoms with Crippen molar-refractivity contribution < 1.29 is 9.60 Å². The fourth-order valence-electron chi connectivity index (χ4n) is 1.74. The maximum Gasteiger partial charge on any atom is 0.173 e. The molecular formula is C12H15FN6O. The van der Waals surface area contributed by atoms with E-state index in [0.29, 0.717) is 18.7 Å². The molecule has 8 heteroatoms. The highest BCUT2D eigenvalue weighted by molar-refractivity contribution is 5.97. The van der Waals surface area contributed by atoms with Crippen molar-refractivity contribution in [3.8, 4) is 0 Å². The molecule has 0 saturated heterocycles. The standard InChI is InChI=1S/C12H15FN6O/c1-19-7-16-17-10(19)6-15-5-8-3-2-4-9(11(8)13)12(14)18-20/h2-4,7,15,20H,5-6H2,1H3,(H2,14,18). The quantitative estimate of drug-likeness (QED) is 0.317. The summed E-state index contributed by atoms with van der Waals surface area (Å²) < 4.78 is 15.9. The lowest BCUT2D eigenvalue weighted by Gasteiger charge is -2.08. The second-order valence-electron chi connectivity index (χ2n) is 4.23. The normalized spacial score (nSPS) is 11.8. The lowest BCUT2D eigenvalue weighted by atomic mass is 10.1. The molecule has 0 saturated carbocycles. The third-order valence-corrected chi connectivity index (χ3v) is 2.87. The summed E-state index contributed by atoms with van der Waals surface area (Å²) in [5.41, 5.74) is 5.91. The largest absolute Gasteiger partial charge is 0.409 e. The molecule has 0 aliphatic heterocycles. The zero-order chi connectivity index (χ0) is 14.5. The van der Waals surface area contributed by atoms with Crippen molar-refractivity contribution in [3.63, 3.8) is 0 Å². The van der Waals surface area contributed by atoms with Gasteiger partial charge in [-0.3, -0.25) is 0 Å². The highest BCUT2D eigenvalue weighted by Crippen LogP contribution is 2.12. The lowest BCUT2D eigenvalue weighted by Crippen LogP contribution is -2.19. The number of aryl methyl sites for hydroxylation is 1. The van der Waals surface area contributed by atoms with Crippen LogP contribution in [-0.2, 0) is 20.1 Å². The molecule has 106 valence electrons. The average Bonchev–Trinajstić information content (AvgIpc) is 2.85. The summed E-state index contributed by atoms with van der Waals surface area (Å²) in [6.45, 7) is 0.759. The fourth-order valence-corrected chi connectivity index (χ4v) is 1.74. The van der Waals surface area contributed by atoms with Gasteiger partial charge in [0.25, 0.3) is 0 Å². The van der Waals surface area contributed by atoms with Crippen LogP contribution in [0.4, 0.5) is 4.39 Å². The van der Waals surface area contributed by atoms with Crippen LogP contribution < -0.4 is 11.1 Å². The number of nitrogens with two attached hydrogens (primary N) is 1. The summed E-state index contributed by atoms with van der Waals surface area (Å²) in [7, 11) is 1.83. The maximum atomic E-state index is 14.1. The second-order valence-corrected chi connectivity index (χ2v) is 4.23. The van der Waals surface area contributed by atoms with Crippen LogP contribution in [0.1, 0.15) is 17.0 Å². The molecule has 0 aliphatic rings. The van der Waals surface area contributed by atoms with Gasteiger partial charge in [-0.25, -0.2) is 4.39 Å². The van der Waals surface area contributed by atoms with Gasteiger partial charge in [-0.2, -0.15) is 0 Å². The van der Waals surface area contributed by atoms with E-state index in [9.17, 15) is 4.39 Å². The molecule has 1 aromatic carbocycles. The molecule has 1 heterocycles. The summed E-state index contributed by atoms with van der Waals surface area (Å²) >= 11 is 0. The van der Waals surface area contributed by atoms with Gasteiger partial charge >= 0.3 is 0 Å². The highest BCUT2D eigenvalue weighted by Gasteiger charge is 2.11. The number of aromatic nitrogens is 3. The molecule has 2 rings (SSSR count). The average molecular weight is 278 g/mol. The number of hydrogen-bond donors (Lipinski definition) is 3. The van der Waals surface area contributed by atoms with E-state index in [2.05, 4.69) is 20.7 Å². The number of amidine groups is 1. The Kier molecular flexibility index (Phi) is 4.26. The Morgan fingerprint density at radius 3 is 2.95 bits per heavy atom. The van der Waals surface area contributed by atoms with Gasteiger partial charge in [0.15, 0.2) is 5.84 Å². The molecule has 0 spiro atoms. The molecule has 20 heavy (non-hydrogen) atoms. The number of hydrogen-bond acceptors (Lipinski definition) is 5. The molecule has 0 fully saturated rings. The Hall–Kier alpha value is -2.48. The third-order valence-electron chi connectivity index (χ3n) is 2.87. The van der Waals surface area contributed by atoms with Crippen molar-refractivity contribution in [2.75, 3.05) is 0 Å². The van der Waals surface area contributed by atoms with E-state index in [1.165, 1.54) is 6.07 Å². The van der Waals surface area contributed by atoms with Gasteiger partial charge in [-0.15, -0.1) is 10.2 Å². The second kappa shape index (κ2) is 6.11. The first-order valence-electron chi connectivity index (χ1n) is 5.92. The predicted octanol–water partition coefficient (Wildman–Crippen LogP) is 0.338. The van der Waals surface area contributed by atoms with Gasteiger partial charge in [-0.05, 0) is 6.07 Å². The van der Waals surface area contributed by atoms with Gasteiger partial charge in [0.1, 0.15) is 18.0 Å². The fraction of sp³-hybridized carbons (Fsp3) is 0.250. The SMILES string of the molecule is Cn1cnnc1CNCc1cccc(/C(N)=N/O)c1F.